The molecular weight excluding hydrogens is 252 g/mol. The summed E-state index contributed by atoms with van der Waals surface area (Å²) in [5.74, 6) is 0.0374. The molecule has 0 heterocycles. The third kappa shape index (κ3) is 3.44. The lowest BCUT2D eigenvalue weighted by Gasteiger charge is -2.22. The Bertz CT molecular complexity index is 488. The number of aliphatic hydroxyl groups is 1. The van der Waals surface area contributed by atoms with E-state index in [1.165, 1.54) is 7.05 Å². The van der Waals surface area contributed by atoms with Crippen molar-refractivity contribution in [2.24, 2.45) is 5.92 Å². The van der Waals surface area contributed by atoms with Crippen molar-refractivity contribution in [3.63, 3.8) is 0 Å². The molecule has 1 rings (SSSR count). The van der Waals surface area contributed by atoms with Gasteiger partial charge in [-0.05, 0) is 32.0 Å². The molecule has 1 aromatic carbocycles. The third-order valence-corrected chi connectivity index (χ3v) is 4.44. The van der Waals surface area contributed by atoms with Gasteiger partial charge < -0.3 is 10.4 Å². The summed E-state index contributed by atoms with van der Waals surface area (Å²) in [4.78, 5) is 0.212. The highest BCUT2D eigenvalue weighted by Gasteiger charge is 2.18. The van der Waals surface area contributed by atoms with Gasteiger partial charge in [0.15, 0.2) is 0 Å². The Kier molecular flexibility index (Phi) is 5.13. The number of para-hydroxylation sites is 1. The first-order chi connectivity index (χ1) is 8.42. The average molecular weight is 272 g/mol. The van der Waals surface area contributed by atoms with Gasteiger partial charge in [-0.15, -0.1) is 0 Å². The highest BCUT2D eigenvalue weighted by atomic mass is 32.2. The highest BCUT2D eigenvalue weighted by molar-refractivity contribution is 7.89. The number of sulfonamides is 1. The zero-order valence-electron chi connectivity index (χ0n) is 10.8. The van der Waals surface area contributed by atoms with Gasteiger partial charge >= 0.3 is 0 Å². The minimum atomic E-state index is -3.48. The molecule has 0 bridgehead atoms. The Labute approximate surface area is 108 Å². The number of nitrogens with one attached hydrogen (secondary N) is 2. The molecular formula is C12H20N2O3S. The first-order valence-electron chi connectivity index (χ1n) is 5.82. The van der Waals surface area contributed by atoms with Gasteiger partial charge in [0.1, 0.15) is 4.90 Å². The Morgan fingerprint density at radius 1 is 1.28 bits per heavy atom. The van der Waals surface area contributed by atoms with Crippen LogP contribution in [0.4, 0.5) is 5.69 Å². The maximum Gasteiger partial charge on any atom is 0.242 e. The lowest BCUT2D eigenvalue weighted by molar-refractivity contribution is 0.226. The van der Waals surface area contributed by atoms with E-state index >= 15 is 0 Å². The zero-order valence-corrected chi connectivity index (χ0v) is 11.7. The van der Waals surface area contributed by atoms with E-state index in [0.717, 1.165) is 0 Å². The Balaban J connectivity index is 3.04. The van der Waals surface area contributed by atoms with Gasteiger partial charge in [-0.2, -0.15) is 0 Å². The van der Waals surface area contributed by atoms with Crippen LogP contribution in [0, 0.1) is 5.92 Å². The first kappa shape index (κ1) is 14.9. The first-order valence-corrected chi connectivity index (χ1v) is 7.30. The molecule has 0 saturated heterocycles. The average Bonchev–Trinajstić information content (AvgIpc) is 2.38. The van der Waals surface area contributed by atoms with E-state index in [-0.39, 0.29) is 23.5 Å². The summed E-state index contributed by atoms with van der Waals surface area (Å²) in [7, 11) is -2.10. The number of aliphatic hydroxyl groups excluding tert-OH is 1. The third-order valence-electron chi connectivity index (χ3n) is 2.97. The van der Waals surface area contributed by atoms with E-state index in [0.29, 0.717) is 5.69 Å². The number of hydrogen-bond acceptors (Lipinski definition) is 4. The molecule has 2 unspecified atom stereocenters. The standard InChI is InChI=1S/C12H20N2O3S/c1-9(8-15)10(2)14-11-6-4-5-7-12(11)18(16,17)13-3/h4-7,9-10,13-15H,8H2,1-3H3. The van der Waals surface area contributed by atoms with E-state index in [2.05, 4.69) is 10.0 Å². The second-order valence-corrected chi connectivity index (χ2v) is 6.15. The summed E-state index contributed by atoms with van der Waals surface area (Å²) in [6, 6.07) is 6.68. The van der Waals surface area contributed by atoms with Crippen LogP contribution in [0.1, 0.15) is 13.8 Å². The number of benzene rings is 1. The van der Waals surface area contributed by atoms with Crippen LogP contribution >= 0.6 is 0 Å². The highest BCUT2D eigenvalue weighted by Crippen LogP contribution is 2.22. The van der Waals surface area contributed by atoms with Gasteiger partial charge in [-0.1, -0.05) is 19.1 Å². The molecule has 3 N–H and O–H groups in total. The van der Waals surface area contributed by atoms with Crippen LogP contribution in [0.3, 0.4) is 0 Å². The maximum atomic E-state index is 11.8. The molecule has 0 aliphatic carbocycles. The second-order valence-electron chi connectivity index (χ2n) is 4.30. The molecule has 5 nitrogen and oxygen atoms in total. The molecule has 2 atom stereocenters. The molecule has 0 aromatic heterocycles. The molecule has 0 aliphatic heterocycles. The van der Waals surface area contributed by atoms with Crippen molar-refractivity contribution in [1.82, 2.24) is 4.72 Å². The largest absolute Gasteiger partial charge is 0.396 e. The molecule has 6 heteroatoms. The SMILES string of the molecule is CNS(=O)(=O)c1ccccc1NC(C)C(C)CO. The molecule has 0 radical (unpaired) electrons. The number of anilines is 1. The Morgan fingerprint density at radius 2 is 1.89 bits per heavy atom. The molecule has 102 valence electrons. The van der Waals surface area contributed by atoms with Crippen LogP contribution in [-0.4, -0.2) is 33.2 Å². The normalized spacial score (nSPS) is 15.1. The zero-order chi connectivity index (χ0) is 13.8. The molecule has 0 saturated carbocycles. The van der Waals surface area contributed by atoms with Gasteiger partial charge in [0.05, 0.1) is 5.69 Å². The van der Waals surface area contributed by atoms with Crippen LogP contribution < -0.4 is 10.0 Å². The summed E-state index contributed by atoms with van der Waals surface area (Å²) >= 11 is 0. The van der Waals surface area contributed by atoms with Crippen LogP contribution in [0.5, 0.6) is 0 Å². The predicted molar refractivity (Wildman–Crippen MR) is 72.0 cm³/mol. The van der Waals surface area contributed by atoms with Crippen LogP contribution in [0.15, 0.2) is 29.2 Å². The van der Waals surface area contributed by atoms with Crippen molar-refractivity contribution < 1.29 is 13.5 Å². The second kappa shape index (κ2) is 6.17. The monoisotopic (exact) mass is 272 g/mol. The van der Waals surface area contributed by atoms with E-state index in [4.69, 9.17) is 5.11 Å². The van der Waals surface area contributed by atoms with E-state index < -0.39 is 10.0 Å². The van der Waals surface area contributed by atoms with Crippen LogP contribution in [0.25, 0.3) is 0 Å². The van der Waals surface area contributed by atoms with Crippen molar-refractivity contribution in [3.05, 3.63) is 24.3 Å². The fourth-order valence-corrected chi connectivity index (χ4v) is 2.37. The van der Waals surface area contributed by atoms with Crippen molar-refractivity contribution in [2.75, 3.05) is 19.0 Å². The molecule has 0 spiro atoms. The van der Waals surface area contributed by atoms with Gasteiger partial charge in [0, 0.05) is 12.6 Å². The summed E-state index contributed by atoms with van der Waals surface area (Å²) in [5, 5.41) is 12.2. The lowest BCUT2D eigenvalue weighted by Crippen LogP contribution is -2.28. The van der Waals surface area contributed by atoms with Crippen molar-refractivity contribution >= 4 is 15.7 Å². The van der Waals surface area contributed by atoms with Gasteiger partial charge in [-0.3, -0.25) is 0 Å². The topological polar surface area (TPSA) is 78.4 Å². The predicted octanol–water partition coefficient (Wildman–Crippen LogP) is 1.02. The fourth-order valence-electron chi connectivity index (χ4n) is 1.48. The molecule has 1 aromatic rings. The van der Waals surface area contributed by atoms with Crippen LogP contribution in [0.2, 0.25) is 0 Å². The minimum Gasteiger partial charge on any atom is -0.396 e. The molecule has 0 amide bonds. The summed E-state index contributed by atoms with van der Waals surface area (Å²) in [5.41, 5.74) is 0.541. The van der Waals surface area contributed by atoms with Gasteiger partial charge in [-0.25, -0.2) is 13.1 Å². The maximum absolute atomic E-state index is 11.8. The summed E-state index contributed by atoms with van der Waals surface area (Å²) < 4.78 is 26.0. The fraction of sp³-hybridized carbons (Fsp3) is 0.500. The number of rotatable bonds is 6. The van der Waals surface area contributed by atoms with E-state index in [1.54, 1.807) is 24.3 Å². The molecule has 18 heavy (non-hydrogen) atoms. The molecule has 0 fully saturated rings. The number of hydrogen-bond donors (Lipinski definition) is 3. The smallest absolute Gasteiger partial charge is 0.242 e. The van der Waals surface area contributed by atoms with Crippen molar-refractivity contribution in [2.45, 2.75) is 24.8 Å². The summed E-state index contributed by atoms with van der Waals surface area (Å²) in [6.07, 6.45) is 0. The van der Waals surface area contributed by atoms with Gasteiger partial charge in [0.2, 0.25) is 10.0 Å². The Morgan fingerprint density at radius 3 is 2.44 bits per heavy atom. The summed E-state index contributed by atoms with van der Waals surface area (Å²) in [6.45, 7) is 3.85. The lowest BCUT2D eigenvalue weighted by atomic mass is 10.0. The van der Waals surface area contributed by atoms with Crippen molar-refractivity contribution in [1.29, 1.82) is 0 Å². The van der Waals surface area contributed by atoms with Crippen LogP contribution in [-0.2, 0) is 10.0 Å². The van der Waals surface area contributed by atoms with Crippen molar-refractivity contribution in [3.8, 4) is 0 Å². The van der Waals surface area contributed by atoms with E-state index in [9.17, 15) is 8.42 Å². The Hall–Kier alpha value is -1.11. The minimum absolute atomic E-state index is 0.0248. The quantitative estimate of drug-likeness (QED) is 0.722. The molecule has 0 aliphatic rings. The van der Waals surface area contributed by atoms with Gasteiger partial charge in [0.25, 0.3) is 0 Å². The van der Waals surface area contributed by atoms with E-state index in [1.807, 2.05) is 13.8 Å².